The fraction of sp³-hybridized carbons (Fsp3) is 0.391. The van der Waals surface area contributed by atoms with Crippen molar-refractivity contribution in [3.63, 3.8) is 0 Å². The second-order valence-electron chi connectivity index (χ2n) is 7.88. The van der Waals surface area contributed by atoms with Crippen molar-refractivity contribution in [2.24, 2.45) is 5.92 Å². The maximum atomic E-state index is 13.0. The molecule has 0 bridgehead atoms. The largest absolute Gasteiger partial charge is 0.352 e. The molecule has 7 nitrogen and oxygen atoms in total. The normalized spacial score (nSPS) is 15.5. The molecule has 3 rings (SSSR count). The third-order valence-electron chi connectivity index (χ3n) is 5.50. The molecule has 8 heteroatoms. The van der Waals surface area contributed by atoms with Crippen LogP contribution < -0.4 is 10.6 Å². The van der Waals surface area contributed by atoms with E-state index in [1.54, 1.807) is 43.3 Å². The van der Waals surface area contributed by atoms with Gasteiger partial charge in [-0.05, 0) is 63.4 Å². The molecule has 0 aliphatic carbocycles. The maximum Gasteiger partial charge on any atom is 0.251 e. The summed E-state index contributed by atoms with van der Waals surface area (Å²) >= 11 is 0. The van der Waals surface area contributed by atoms with E-state index < -0.39 is 10.0 Å². The monoisotopic (exact) mass is 443 g/mol. The zero-order chi connectivity index (χ0) is 22.6. The lowest BCUT2D eigenvalue weighted by Gasteiger charge is -2.31. The summed E-state index contributed by atoms with van der Waals surface area (Å²) in [6.45, 7) is 6.70. The first-order valence-corrected chi connectivity index (χ1v) is 11.9. The van der Waals surface area contributed by atoms with Gasteiger partial charge in [0.1, 0.15) is 0 Å². The molecule has 166 valence electrons. The van der Waals surface area contributed by atoms with Crippen molar-refractivity contribution in [3.8, 4) is 0 Å². The number of anilines is 1. The van der Waals surface area contributed by atoms with Gasteiger partial charge in [0.05, 0.1) is 4.90 Å². The molecule has 1 fully saturated rings. The van der Waals surface area contributed by atoms with Crippen LogP contribution in [0.1, 0.15) is 41.3 Å². The van der Waals surface area contributed by atoms with Gasteiger partial charge in [0.2, 0.25) is 15.9 Å². The summed E-state index contributed by atoms with van der Waals surface area (Å²) in [6.07, 6.45) is 0.901. The molecule has 2 aromatic carbocycles. The topological polar surface area (TPSA) is 95.6 Å². The second kappa shape index (κ2) is 9.62. The van der Waals surface area contributed by atoms with Crippen LogP contribution in [0, 0.1) is 19.8 Å². The lowest BCUT2D eigenvalue weighted by Crippen LogP contribution is -2.41. The number of piperidine rings is 1. The number of carbonyl (C=O) groups excluding carboxylic acids is 2. The summed E-state index contributed by atoms with van der Waals surface area (Å²) in [5.74, 6) is -0.626. The van der Waals surface area contributed by atoms with Crippen molar-refractivity contribution in [2.45, 2.75) is 38.5 Å². The minimum Gasteiger partial charge on any atom is -0.352 e. The van der Waals surface area contributed by atoms with Crippen molar-refractivity contribution in [1.82, 2.24) is 9.62 Å². The van der Waals surface area contributed by atoms with Crippen LogP contribution in [0.5, 0.6) is 0 Å². The molecular formula is C23H29N3O4S. The smallest absolute Gasteiger partial charge is 0.251 e. The summed E-state index contributed by atoms with van der Waals surface area (Å²) in [7, 11) is -3.58. The Labute approximate surface area is 183 Å². The predicted molar refractivity (Wildman–Crippen MR) is 120 cm³/mol. The summed E-state index contributed by atoms with van der Waals surface area (Å²) in [6, 6.07) is 12.1. The molecule has 2 N–H and O–H groups in total. The highest BCUT2D eigenvalue weighted by molar-refractivity contribution is 7.89. The number of carbonyl (C=O) groups is 2. The lowest BCUT2D eigenvalue weighted by molar-refractivity contribution is -0.120. The van der Waals surface area contributed by atoms with E-state index in [4.69, 9.17) is 0 Å². The number of sulfonamides is 1. The summed E-state index contributed by atoms with van der Waals surface area (Å²) in [5.41, 5.74) is 2.78. The van der Waals surface area contributed by atoms with E-state index in [1.807, 2.05) is 19.9 Å². The number of amides is 2. The highest BCUT2D eigenvalue weighted by Gasteiger charge is 2.32. The molecule has 1 saturated heterocycles. The van der Waals surface area contributed by atoms with Crippen LogP contribution in [0.15, 0.2) is 47.4 Å². The molecule has 1 aliphatic rings. The summed E-state index contributed by atoms with van der Waals surface area (Å²) < 4.78 is 27.5. The first-order chi connectivity index (χ1) is 14.7. The van der Waals surface area contributed by atoms with Crippen molar-refractivity contribution >= 4 is 27.5 Å². The minimum atomic E-state index is -3.58. The standard InChI is InChI=1S/C23H29N3O4S/c1-4-24-22(27)19-6-5-7-20(15-19)25-23(28)18-10-12-26(13-11-18)31(29,30)21-9-8-16(2)14-17(21)3/h5-9,14-15,18H,4,10-13H2,1-3H3,(H,24,27)(H,25,28). The van der Waals surface area contributed by atoms with E-state index >= 15 is 0 Å². The van der Waals surface area contributed by atoms with E-state index in [0.29, 0.717) is 48.6 Å². The van der Waals surface area contributed by atoms with Gasteiger partial charge < -0.3 is 10.6 Å². The SMILES string of the molecule is CCNC(=O)c1cccc(NC(=O)C2CCN(S(=O)(=O)c3ccc(C)cc3C)CC2)c1. The number of aryl methyl sites for hydroxylation is 2. The van der Waals surface area contributed by atoms with Gasteiger partial charge in [0, 0.05) is 36.8 Å². The van der Waals surface area contributed by atoms with E-state index in [9.17, 15) is 18.0 Å². The third kappa shape index (κ3) is 5.32. The summed E-state index contributed by atoms with van der Waals surface area (Å²) in [4.78, 5) is 25.0. The maximum absolute atomic E-state index is 13.0. The van der Waals surface area contributed by atoms with Gasteiger partial charge in [-0.25, -0.2) is 8.42 Å². The van der Waals surface area contributed by atoms with Gasteiger partial charge in [0.25, 0.3) is 5.91 Å². The fourth-order valence-corrected chi connectivity index (χ4v) is 5.51. The molecule has 0 aromatic heterocycles. The Balaban J connectivity index is 1.62. The molecular weight excluding hydrogens is 414 g/mol. The van der Waals surface area contributed by atoms with Gasteiger partial charge in [-0.2, -0.15) is 4.31 Å². The first kappa shape index (κ1) is 23.0. The zero-order valence-corrected chi connectivity index (χ0v) is 19.0. The van der Waals surface area contributed by atoms with E-state index in [-0.39, 0.29) is 17.7 Å². The number of nitrogens with one attached hydrogen (secondary N) is 2. The van der Waals surface area contributed by atoms with Crippen molar-refractivity contribution < 1.29 is 18.0 Å². The van der Waals surface area contributed by atoms with Crippen LogP contribution >= 0.6 is 0 Å². The first-order valence-electron chi connectivity index (χ1n) is 10.5. The molecule has 0 spiro atoms. The van der Waals surface area contributed by atoms with Gasteiger partial charge in [-0.1, -0.05) is 23.8 Å². The minimum absolute atomic E-state index is 0.156. The highest BCUT2D eigenvalue weighted by atomic mass is 32.2. The van der Waals surface area contributed by atoms with Crippen LogP contribution in [-0.4, -0.2) is 44.2 Å². The number of nitrogens with zero attached hydrogens (tertiary/aromatic N) is 1. The second-order valence-corrected chi connectivity index (χ2v) is 9.78. The van der Waals surface area contributed by atoms with Crippen molar-refractivity contribution in [1.29, 1.82) is 0 Å². The Hall–Kier alpha value is -2.71. The third-order valence-corrected chi connectivity index (χ3v) is 7.56. The Kier molecular flexibility index (Phi) is 7.12. The van der Waals surface area contributed by atoms with Crippen LogP contribution in [0.2, 0.25) is 0 Å². The average Bonchev–Trinajstić information content (AvgIpc) is 2.74. The van der Waals surface area contributed by atoms with Gasteiger partial charge in [0.15, 0.2) is 0 Å². The molecule has 1 heterocycles. The number of benzene rings is 2. The van der Waals surface area contributed by atoms with Gasteiger partial charge in [-0.15, -0.1) is 0 Å². The number of hydrogen-bond donors (Lipinski definition) is 2. The molecule has 0 saturated carbocycles. The Morgan fingerprint density at radius 2 is 1.77 bits per heavy atom. The predicted octanol–water partition coefficient (Wildman–Crippen LogP) is 3.09. The molecule has 2 amide bonds. The number of hydrogen-bond acceptors (Lipinski definition) is 4. The zero-order valence-electron chi connectivity index (χ0n) is 18.1. The van der Waals surface area contributed by atoms with E-state index in [0.717, 1.165) is 11.1 Å². The van der Waals surface area contributed by atoms with Gasteiger partial charge in [-0.3, -0.25) is 9.59 Å². The Morgan fingerprint density at radius 1 is 1.06 bits per heavy atom. The molecule has 0 radical (unpaired) electrons. The molecule has 1 aliphatic heterocycles. The summed E-state index contributed by atoms with van der Waals surface area (Å²) in [5, 5.41) is 5.59. The number of rotatable bonds is 6. The average molecular weight is 444 g/mol. The van der Waals surface area contributed by atoms with Crippen LogP contribution in [0.25, 0.3) is 0 Å². The Morgan fingerprint density at radius 3 is 2.42 bits per heavy atom. The fourth-order valence-electron chi connectivity index (χ4n) is 3.83. The molecule has 31 heavy (non-hydrogen) atoms. The van der Waals surface area contributed by atoms with E-state index in [2.05, 4.69) is 10.6 Å². The lowest BCUT2D eigenvalue weighted by atomic mass is 9.97. The van der Waals surface area contributed by atoms with Crippen LogP contribution in [-0.2, 0) is 14.8 Å². The molecule has 0 unspecified atom stereocenters. The van der Waals surface area contributed by atoms with Gasteiger partial charge >= 0.3 is 0 Å². The van der Waals surface area contributed by atoms with E-state index in [1.165, 1.54) is 4.31 Å². The molecule has 0 atom stereocenters. The Bertz CT molecular complexity index is 1070. The quantitative estimate of drug-likeness (QED) is 0.717. The highest BCUT2D eigenvalue weighted by Crippen LogP contribution is 2.27. The van der Waals surface area contributed by atoms with Crippen LogP contribution in [0.4, 0.5) is 5.69 Å². The van der Waals surface area contributed by atoms with Crippen molar-refractivity contribution in [3.05, 3.63) is 59.2 Å². The van der Waals surface area contributed by atoms with Crippen molar-refractivity contribution in [2.75, 3.05) is 25.0 Å². The van der Waals surface area contributed by atoms with Crippen LogP contribution in [0.3, 0.4) is 0 Å². The molecule has 2 aromatic rings.